The quantitative estimate of drug-likeness (QED) is 0.712. The first kappa shape index (κ1) is 9.35. The average Bonchev–Trinajstić information content (AvgIpc) is 2.06. The van der Waals surface area contributed by atoms with E-state index in [2.05, 4.69) is 19.0 Å². The van der Waals surface area contributed by atoms with Gasteiger partial charge in [0.05, 0.1) is 12.4 Å². The summed E-state index contributed by atoms with van der Waals surface area (Å²) in [5, 5.41) is 0. The summed E-state index contributed by atoms with van der Waals surface area (Å²) in [6.45, 7) is 2.75. The van der Waals surface area contributed by atoms with E-state index >= 15 is 0 Å². The Hall–Kier alpha value is 0.266. The SMILES string of the molecule is CCOc1cccc[c]1[Mg][Br]. The van der Waals surface area contributed by atoms with Crippen LogP contribution >= 0.6 is 12.9 Å². The maximum absolute atomic E-state index is 5.43. The molecule has 56 valence electrons. The molecule has 0 unspecified atom stereocenters. The van der Waals surface area contributed by atoms with Crippen LogP contribution in [0.2, 0.25) is 0 Å². The number of benzene rings is 1. The molecule has 0 bridgehead atoms. The minimum Gasteiger partial charge on any atom is -0.496 e. The van der Waals surface area contributed by atoms with Crippen molar-refractivity contribution in [2.75, 3.05) is 6.61 Å². The summed E-state index contributed by atoms with van der Waals surface area (Å²) < 4.78 is 6.77. The third-order valence-corrected chi connectivity index (χ3v) is 4.10. The van der Waals surface area contributed by atoms with Crippen LogP contribution in [0.3, 0.4) is 0 Å². The highest BCUT2D eigenvalue weighted by Crippen LogP contribution is 2.05. The molecular formula is C8H9BrMgO. The molecule has 0 spiro atoms. The van der Waals surface area contributed by atoms with Crippen molar-refractivity contribution in [3.05, 3.63) is 24.3 Å². The number of hydrogen-bond acceptors (Lipinski definition) is 1. The number of hydrogen-bond donors (Lipinski definition) is 0. The fourth-order valence-electron chi connectivity index (χ4n) is 0.911. The molecule has 1 aromatic rings. The van der Waals surface area contributed by atoms with Crippen LogP contribution in [0.4, 0.5) is 0 Å². The van der Waals surface area contributed by atoms with Crippen molar-refractivity contribution in [2.45, 2.75) is 6.92 Å². The van der Waals surface area contributed by atoms with E-state index < -0.39 is 0 Å². The summed E-state index contributed by atoms with van der Waals surface area (Å²) >= 11 is 3.27. The van der Waals surface area contributed by atoms with Gasteiger partial charge in [0.15, 0.2) is 0 Å². The van der Waals surface area contributed by atoms with E-state index in [-0.39, 0.29) is 18.2 Å². The number of rotatable bonds is 3. The van der Waals surface area contributed by atoms with Crippen molar-refractivity contribution in [1.82, 2.24) is 0 Å². The molecule has 0 aromatic heterocycles. The molecule has 0 heterocycles. The lowest BCUT2D eigenvalue weighted by Crippen LogP contribution is -2.12. The number of ether oxygens (including phenoxy) is 1. The molecular weight excluding hydrogens is 216 g/mol. The molecule has 0 N–H and O–H groups in total. The van der Waals surface area contributed by atoms with Gasteiger partial charge in [-0.15, -0.1) is 3.69 Å². The van der Waals surface area contributed by atoms with E-state index in [1.54, 1.807) is 0 Å². The van der Waals surface area contributed by atoms with E-state index in [0.717, 1.165) is 12.4 Å². The Bertz CT molecular complexity index is 227. The van der Waals surface area contributed by atoms with Gasteiger partial charge in [-0.3, -0.25) is 12.9 Å². The highest BCUT2D eigenvalue weighted by Gasteiger charge is 2.01. The molecule has 0 aliphatic carbocycles. The lowest BCUT2D eigenvalue weighted by atomic mass is 10.3. The molecule has 11 heavy (non-hydrogen) atoms. The maximum Gasteiger partial charge on any atom is 0.512 e. The Morgan fingerprint density at radius 2 is 2.18 bits per heavy atom. The van der Waals surface area contributed by atoms with Crippen LogP contribution in [0.5, 0.6) is 5.75 Å². The van der Waals surface area contributed by atoms with E-state index in [4.69, 9.17) is 4.74 Å². The van der Waals surface area contributed by atoms with E-state index in [1.165, 1.54) is 3.69 Å². The molecule has 0 amide bonds. The van der Waals surface area contributed by atoms with Gasteiger partial charge in [0.2, 0.25) is 0 Å². The molecule has 0 aliphatic heterocycles. The molecule has 1 nitrogen and oxygen atoms in total. The standard InChI is InChI=1S/C8H9O.BrH.Mg/c1-2-9-8-6-4-3-5-7-8;;/h3-6H,2H2,1H3;1H;/q;;+1/p-1. The highest BCUT2D eigenvalue weighted by molar-refractivity contribution is 9.23. The Balaban J connectivity index is 2.83. The largest absolute Gasteiger partial charge is 0.512 e. The van der Waals surface area contributed by atoms with Gasteiger partial charge in [-0.2, -0.15) is 0 Å². The van der Waals surface area contributed by atoms with Crippen molar-refractivity contribution >= 4 is 34.8 Å². The smallest absolute Gasteiger partial charge is 0.496 e. The highest BCUT2D eigenvalue weighted by atomic mass is 79.9. The van der Waals surface area contributed by atoms with Crippen LogP contribution in [-0.2, 0) is 0 Å². The Morgan fingerprint density at radius 1 is 1.45 bits per heavy atom. The molecule has 1 rings (SSSR count). The van der Waals surface area contributed by atoms with E-state index in [0.29, 0.717) is 0 Å². The fraction of sp³-hybridized carbons (Fsp3) is 0.250. The predicted octanol–water partition coefficient (Wildman–Crippen LogP) is 1.72. The van der Waals surface area contributed by atoms with Gasteiger partial charge >= 0.3 is 18.2 Å². The predicted molar refractivity (Wildman–Crippen MR) is 51.9 cm³/mol. The van der Waals surface area contributed by atoms with Crippen LogP contribution in [0.15, 0.2) is 24.3 Å². The van der Waals surface area contributed by atoms with Crippen LogP contribution < -0.4 is 8.43 Å². The second-order valence-electron chi connectivity index (χ2n) is 2.17. The van der Waals surface area contributed by atoms with Crippen LogP contribution in [-0.4, -0.2) is 24.8 Å². The molecule has 0 aliphatic rings. The molecule has 1 aromatic carbocycles. The van der Waals surface area contributed by atoms with Gasteiger partial charge in [-0.1, -0.05) is 18.2 Å². The van der Waals surface area contributed by atoms with Crippen molar-refractivity contribution < 1.29 is 4.74 Å². The normalized spacial score (nSPS) is 8.91. The lowest BCUT2D eigenvalue weighted by Gasteiger charge is -2.06. The summed E-state index contributed by atoms with van der Waals surface area (Å²) in [6.07, 6.45) is 0. The Kier molecular flexibility index (Phi) is 4.26. The zero-order valence-electron chi connectivity index (χ0n) is 6.51. The number of para-hydroxylation sites is 1. The zero-order chi connectivity index (χ0) is 8.10. The fourth-order valence-corrected chi connectivity index (χ4v) is 2.88. The van der Waals surface area contributed by atoms with Gasteiger partial charge < -0.3 is 4.74 Å². The third kappa shape index (κ3) is 2.65. The molecule has 0 fully saturated rings. The first-order valence-corrected chi connectivity index (χ1v) is 8.25. The monoisotopic (exact) mass is 224 g/mol. The summed E-state index contributed by atoms with van der Waals surface area (Å²) in [5.74, 6) is 1.04. The summed E-state index contributed by atoms with van der Waals surface area (Å²) in [7, 11) is 0. The second kappa shape index (κ2) is 5.01. The van der Waals surface area contributed by atoms with Gasteiger partial charge in [0.1, 0.15) is 0 Å². The Labute approximate surface area is 82.7 Å². The van der Waals surface area contributed by atoms with Crippen LogP contribution in [0.25, 0.3) is 0 Å². The molecule has 0 radical (unpaired) electrons. The lowest BCUT2D eigenvalue weighted by molar-refractivity contribution is 0.343. The van der Waals surface area contributed by atoms with Crippen molar-refractivity contribution in [3.63, 3.8) is 0 Å². The summed E-state index contributed by atoms with van der Waals surface area (Å²) in [4.78, 5) is 0. The second-order valence-corrected chi connectivity index (χ2v) is 4.89. The van der Waals surface area contributed by atoms with Crippen molar-refractivity contribution in [1.29, 1.82) is 0 Å². The Morgan fingerprint density at radius 3 is 2.82 bits per heavy atom. The van der Waals surface area contributed by atoms with Crippen LogP contribution in [0.1, 0.15) is 6.92 Å². The van der Waals surface area contributed by atoms with Crippen molar-refractivity contribution in [2.24, 2.45) is 0 Å². The minimum atomic E-state index is -0.270. The van der Waals surface area contributed by atoms with E-state index in [1.807, 2.05) is 25.1 Å². The topological polar surface area (TPSA) is 9.23 Å². The van der Waals surface area contributed by atoms with E-state index in [9.17, 15) is 0 Å². The summed E-state index contributed by atoms with van der Waals surface area (Å²) in [5.41, 5.74) is 0. The summed E-state index contributed by atoms with van der Waals surface area (Å²) in [6, 6.07) is 8.19. The van der Waals surface area contributed by atoms with Gasteiger partial charge in [-0.25, -0.2) is 0 Å². The van der Waals surface area contributed by atoms with Gasteiger partial charge in [0, 0.05) is 0 Å². The molecule has 0 saturated carbocycles. The van der Waals surface area contributed by atoms with Crippen molar-refractivity contribution in [3.8, 4) is 5.75 Å². The first-order chi connectivity index (χ1) is 5.38. The average molecular weight is 225 g/mol. The molecule has 0 saturated heterocycles. The maximum atomic E-state index is 5.43. The van der Waals surface area contributed by atoms with Gasteiger partial charge in [-0.05, 0) is 13.0 Å². The van der Waals surface area contributed by atoms with Crippen LogP contribution in [0, 0.1) is 0 Å². The molecule has 3 heteroatoms. The molecule has 0 atom stereocenters. The third-order valence-electron chi connectivity index (χ3n) is 1.42. The number of halogens is 1. The zero-order valence-corrected chi connectivity index (χ0v) is 9.51. The first-order valence-electron chi connectivity index (χ1n) is 3.65. The minimum absolute atomic E-state index is 0.270. The van der Waals surface area contributed by atoms with Gasteiger partial charge in [0.25, 0.3) is 0 Å².